The van der Waals surface area contributed by atoms with Crippen molar-refractivity contribution < 1.29 is 0 Å². The average Bonchev–Trinajstić information content (AvgIpc) is 3.08. The van der Waals surface area contributed by atoms with Gasteiger partial charge in [-0.2, -0.15) is 0 Å². The van der Waals surface area contributed by atoms with Crippen molar-refractivity contribution in [2.45, 2.75) is 45.1 Å². The lowest BCUT2D eigenvalue weighted by Gasteiger charge is -2.12. The van der Waals surface area contributed by atoms with Gasteiger partial charge >= 0.3 is 0 Å². The van der Waals surface area contributed by atoms with Gasteiger partial charge in [0.15, 0.2) is 0 Å². The van der Waals surface area contributed by atoms with Gasteiger partial charge in [0.1, 0.15) is 0 Å². The number of rotatable bonds is 6. The molecule has 2 heteroatoms. The minimum Gasteiger partial charge on any atom is -0.399 e. The lowest BCUT2D eigenvalue weighted by Crippen LogP contribution is -2.20. The van der Waals surface area contributed by atoms with Crippen LogP contribution in [0.4, 0.5) is 5.69 Å². The fourth-order valence-corrected chi connectivity index (χ4v) is 2.43. The summed E-state index contributed by atoms with van der Waals surface area (Å²) in [5.41, 5.74) is 7.94. The number of benzene rings is 1. The molecule has 0 heterocycles. The zero-order valence-electron chi connectivity index (χ0n) is 10.9. The fourth-order valence-electron chi connectivity index (χ4n) is 2.43. The van der Waals surface area contributed by atoms with Crippen molar-refractivity contribution in [3.63, 3.8) is 0 Å². The number of nitrogens with two attached hydrogens (primary N) is 1. The van der Waals surface area contributed by atoms with Gasteiger partial charge in [-0.05, 0) is 48.9 Å². The first-order chi connectivity index (χ1) is 8.20. The van der Waals surface area contributed by atoms with E-state index in [0.717, 1.165) is 24.2 Å². The molecule has 2 nitrogen and oxygen atoms in total. The van der Waals surface area contributed by atoms with E-state index in [1.54, 1.807) is 0 Å². The van der Waals surface area contributed by atoms with Crippen molar-refractivity contribution in [1.29, 1.82) is 0 Å². The van der Waals surface area contributed by atoms with E-state index in [0.29, 0.717) is 5.92 Å². The highest BCUT2D eigenvalue weighted by atomic mass is 15.0. The minimum atomic E-state index is 0.613. The normalized spacial score (nSPS) is 24.6. The molecule has 1 fully saturated rings. The lowest BCUT2D eigenvalue weighted by molar-refractivity contribution is 0.567. The summed E-state index contributed by atoms with van der Waals surface area (Å²) >= 11 is 0. The van der Waals surface area contributed by atoms with Gasteiger partial charge in [-0.15, -0.1) is 0 Å². The topological polar surface area (TPSA) is 38.0 Å². The summed E-state index contributed by atoms with van der Waals surface area (Å²) in [6.07, 6.45) is 3.91. The Kier molecular flexibility index (Phi) is 4.06. The maximum atomic E-state index is 5.69. The Hall–Kier alpha value is -1.02. The summed E-state index contributed by atoms with van der Waals surface area (Å²) in [7, 11) is 0. The molecule has 0 radical (unpaired) electrons. The van der Waals surface area contributed by atoms with Crippen LogP contribution in [0, 0.1) is 5.92 Å². The Morgan fingerprint density at radius 2 is 2.06 bits per heavy atom. The Morgan fingerprint density at radius 3 is 2.65 bits per heavy atom. The molecule has 0 bridgehead atoms. The second-order valence-corrected chi connectivity index (χ2v) is 5.32. The molecule has 0 amide bonds. The molecule has 1 saturated carbocycles. The average molecular weight is 232 g/mol. The van der Waals surface area contributed by atoms with Crippen LogP contribution in [0.2, 0.25) is 0 Å². The molecule has 1 aliphatic carbocycles. The van der Waals surface area contributed by atoms with Crippen molar-refractivity contribution in [3.8, 4) is 0 Å². The predicted molar refractivity (Wildman–Crippen MR) is 74.1 cm³/mol. The van der Waals surface area contributed by atoms with Crippen molar-refractivity contribution in [3.05, 3.63) is 29.8 Å². The molecule has 94 valence electrons. The molecular formula is C15H24N2. The summed E-state index contributed by atoms with van der Waals surface area (Å²) in [4.78, 5) is 0. The van der Waals surface area contributed by atoms with Crippen LogP contribution >= 0.6 is 0 Å². The van der Waals surface area contributed by atoms with E-state index in [4.69, 9.17) is 5.73 Å². The maximum Gasteiger partial charge on any atom is 0.0314 e. The summed E-state index contributed by atoms with van der Waals surface area (Å²) in [5.74, 6) is 1.56. The fraction of sp³-hybridized carbons (Fsp3) is 0.600. The maximum absolute atomic E-state index is 5.69. The van der Waals surface area contributed by atoms with Crippen molar-refractivity contribution in [2.24, 2.45) is 5.92 Å². The van der Waals surface area contributed by atoms with Gasteiger partial charge in [-0.3, -0.25) is 0 Å². The number of hydrogen-bond donors (Lipinski definition) is 2. The highest BCUT2D eigenvalue weighted by Crippen LogP contribution is 2.33. The monoisotopic (exact) mass is 232 g/mol. The zero-order chi connectivity index (χ0) is 12.3. The lowest BCUT2D eigenvalue weighted by atomic mass is 9.97. The molecule has 1 aromatic rings. The minimum absolute atomic E-state index is 0.613. The molecule has 1 aliphatic rings. The van der Waals surface area contributed by atoms with Gasteiger partial charge in [-0.1, -0.05) is 32.4 Å². The van der Waals surface area contributed by atoms with E-state index in [-0.39, 0.29) is 0 Å². The SMILES string of the molecule is CCC1CC1NCCC(C)c1ccc(N)cc1. The predicted octanol–water partition coefficient (Wildman–Crippen LogP) is 3.15. The van der Waals surface area contributed by atoms with E-state index in [2.05, 4.69) is 31.3 Å². The molecule has 3 unspecified atom stereocenters. The van der Waals surface area contributed by atoms with E-state index in [1.807, 2.05) is 12.1 Å². The van der Waals surface area contributed by atoms with Crippen molar-refractivity contribution >= 4 is 5.69 Å². The van der Waals surface area contributed by atoms with Crippen molar-refractivity contribution in [2.75, 3.05) is 12.3 Å². The smallest absolute Gasteiger partial charge is 0.0314 e. The van der Waals surface area contributed by atoms with Crippen LogP contribution in [0.15, 0.2) is 24.3 Å². The molecule has 2 rings (SSSR count). The van der Waals surface area contributed by atoms with Crippen LogP contribution in [-0.4, -0.2) is 12.6 Å². The third-order valence-corrected chi connectivity index (χ3v) is 3.94. The van der Waals surface area contributed by atoms with Crippen molar-refractivity contribution in [1.82, 2.24) is 5.32 Å². The number of nitrogen functional groups attached to an aromatic ring is 1. The number of hydrogen-bond acceptors (Lipinski definition) is 2. The Bertz CT molecular complexity index is 344. The second kappa shape index (κ2) is 5.54. The summed E-state index contributed by atoms with van der Waals surface area (Å²) < 4.78 is 0. The van der Waals surface area contributed by atoms with E-state index in [1.165, 1.54) is 24.8 Å². The third kappa shape index (κ3) is 3.47. The van der Waals surface area contributed by atoms with Crippen LogP contribution in [0.25, 0.3) is 0 Å². The zero-order valence-corrected chi connectivity index (χ0v) is 10.9. The summed E-state index contributed by atoms with van der Waals surface area (Å²) in [6.45, 7) is 5.70. The number of anilines is 1. The Labute approximate surface area is 105 Å². The van der Waals surface area contributed by atoms with Gasteiger partial charge in [0, 0.05) is 11.7 Å². The van der Waals surface area contributed by atoms with Crippen LogP contribution < -0.4 is 11.1 Å². The molecule has 3 atom stereocenters. The Balaban J connectivity index is 1.70. The van der Waals surface area contributed by atoms with E-state index < -0.39 is 0 Å². The quantitative estimate of drug-likeness (QED) is 0.739. The molecule has 1 aromatic carbocycles. The summed E-state index contributed by atoms with van der Waals surface area (Å²) in [6, 6.07) is 9.08. The largest absolute Gasteiger partial charge is 0.399 e. The molecular weight excluding hydrogens is 208 g/mol. The van der Waals surface area contributed by atoms with Gasteiger partial charge in [-0.25, -0.2) is 0 Å². The molecule has 17 heavy (non-hydrogen) atoms. The van der Waals surface area contributed by atoms with Gasteiger partial charge < -0.3 is 11.1 Å². The van der Waals surface area contributed by atoms with Gasteiger partial charge in [0.05, 0.1) is 0 Å². The molecule has 0 saturated heterocycles. The van der Waals surface area contributed by atoms with Crippen LogP contribution in [0.3, 0.4) is 0 Å². The van der Waals surface area contributed by atoms with Crippen LogP contribution in [0.1, 0.15) is 44.6 Å². The van der Waals surface area contributed by atoms with Gasteiger partial charge in [0.2, 0.25) is 0 Å². The standard InChI is InChI=1S/C15H24N2/c1-3-12-10-15(12)17-9-8-11(2)13-4-6-14(16)7-5-13/h4-7,11-12,15,17H,3,8-10,16H2,1-2H3. The third-order valence-electron chi connectivity index (χ3n) is 3.94. The second-order valence-electron chi connectivity index (χ2n) is 5.32. The first kappa shape index (κ1) is 12.4. The van der Waals surface area contributed by atoms with E-state index in [9.17, 15) is 0 Å². The van der Waals surface area contributed by atoms with Gasteiger partial charge in [0.25, 0.3) is 0 Å². The van der Waals surface area contributed by atoms with Crippen LogP contribution in [0.5, 0.6) is 0 Å². The number of nitrogens with one attached hydrogen (secondary N) is 1. The van der Waals surface area contributed by atoms with E-state index >= 15 is 0 Å². The molecule has 0 spiro atoms. The van der Waals surface area contributed by atoms with Crippen LogP contribution in [-0.2, 0) is 0 Å². The summed E-state index contributed by atoms with van der Waals surface area (Å²) in [5, 5.41) is 3.64. The first-order valence-electron chi connectivity index (χ1n) is 6.79. The molecule has 0 aromatic heterocycles. The molecule has 0 aliphatic heterocycles. The molecule has 3 N–H and O–H groups in total. The highest BCUT2D eigenvalue weighted by Gasteiger charge is 2.34. The highest BCUT2D eigenvalue weighted by molar-refractivity contribution is 5.40. The Morgan fingerprint density at radius 1 is 1.35 bits per heavy atom. The first-order valence-corrected chi connectivity index (χ1v) is 6.79.